The minimum Gasteiger partial charge on any atom is -0.313 e. The standard InChI is InChI=1S/C16H18FN/c1-3-4-9-16(18-2)14-10-11-15(17)13-8-6-5-7-12(13)14/h3,5-8,10-11,16,18H,1,4,9H2,2H3. The average Bonchev–Trinajstić information content (AvgIpc) is 2.42. The van der Waals surface area contributed by atoms with E-state index >= 15 is 0 Å². The predicted octanol–water partition coefficient (Wildman–Crippen LogP) is 4.21. The molecule has 2 aromatic rings. The highest BCUT2D eigenvalue weighted by molar-refractivity contribution is 5.86. The molecule has 1 nitrogen and oxygen atoms in total. The van der Waals surface area contributed by atoms with Gasteiger partial charge in [0.15, 0.2) is 0 Å². The van der Waals surface area contributed by atoms with E-state index in [-0.39, 0.29) is 11.9 Å². The third kappa shape index (κ3) is 2.44. The number of fused-ring (bicyclic) bond motifs is 1. The van der Waals surface area contributed by atoms with Crippen LogP contribution in [0.3, 0.4) is 0 Å². The van der Waals surface area contributed by atoms with Crippen molar-refractivity contribution in [1.29, 1.82) is 0 Å². The summed E-state index contributed by atoms with van der Waals surface area (Å²) in [6.07, 6.45) is 3.82. The number of nitrogens with one attached hydrogen (secondary N) is 1. The van der Waals surface area contributed by atoms with Crippen molar-refractivity contribution >= 4 is 10.8 Å². The Kier molecular flexibility index (Phi) is 4.11. The third-order valence-corrected chi connectivity index (χ3v) is 3.29. The molecule has 0 bridgehead atoms. The van der Waals surface area contributed by atoms with Gasteiger partial charge in [0, 0.05) is 11.4 Å². The lowest BCUT2D eigenvalue weighted by molar-refractivity contribution is 0.557. The molecule has 18 heavy (non-hydrogen) atoms. The minimum atomic E-state index is -0.159. The van der Waals surface area contributed by atoms with Crippen molar-refractivity contribution < 1.29 is 4.39 Å². The molecule has 2 rings (SSSR count). The summed E-state index contributed by atoms with van der Waals surface area (Å²) in [6, 6.07) is 11.3. The van der Waals surface area contributed by atoms with E-state index in [2.05, 4.69) is 11.9 Å². The largest absolute Gasteiger partial charge is 0.313 e. The van der Waals surface area contributed by atoms with Gasteiger partial charge in [-0.2, -0.15) is 0 Å². The Hall–Kier alpha value is -1.67. The fraction of sp³-hybridized carbons (Fsp3) is 0.250. The molecule has 0 spiro atoms. The van der Waals surface area contributed by atoms with E-state index in [4.69, 9.17) is 0 Å². The molecule has 1 atom stereocenters. The summed E-state index contributed by atoms with van der Waals surface area (Å²) in [4.78, 5) is 0. The summed E-state index contributed by atoms with van der Waals surface area (Å²) in [5, 5.41) is 4.97. The van der Waals surface area contributed by atoms with Crippen LogP contribution in [-0.4, -0.2) is 7.05 Å². The van der Waals surface area contributed by atoms with Crippen LogP contribution in [-0.2, 0) is 0 Å². The lowest BCUT2D eigenvalue weighted by Crippen LogP contribution is -2.16. The van der Waals surface area contributed by atoms with E-state index in [9.17, 15) is 4.39 Å². The molecular formula is C16H18FN. The summed E-state index contributed by atoms with van der Waals surface area (Å²) >= 11 is 0. The molecule has 94 valence electrons. The summed E-state index contributed by atoms with van der Waals surface area (Å²) in [7, 11) is 1.94. The highest BCUT2D eigenvalue weighted by Crippen LogP contribution is 2.28. The summed E-state index contributed by atoms with van der Waals surface area (Å²) < 4.78 is 13.7. The van der Waals surface area contributed by atoms with E-state index in [1.807, 2.05) is 43.5 Å². The van der Waals surface area contributed by atoms with Crippen molar-refractivity contribution in [2.75, 3.05) is 7.05 Å². The molecule has 2 aromatic carbocycles. The van der Waals surface area contributed by atoms with Gasteiger partial charge >= 0.3 is 0 Å². The van der Waals surface area contributed by atoms with Gasteiger partial charge in [0.2, 0.25) is 0 Å². The Balaban J connectivity index is 2.49. The molecule has 0 amide bonds. The first-order chi connectivity index (χ1) is 8.77. The maximum absolute atomic E-state index is 13.7. The van der Waals surface area contributed by atoms with E-state index < -0.39 is 0 Å². The van der Waals surface area contributed by atoms with E-state index in [1.165, 1.54) is 0 Å². The van der Waals surface area contributed by atoms with Crippen LogP contribution in [0, 0.1) is 5.82 Å². The van der Waals surface area contributed by atoms with Crippen LogP contribution in [0.1, 0.15) is 24.4 Å². The smallest absolute Gasteiger partial charge is 0.131 e. The molecule has 0 aliphatic heterocycles. The van der Waals surface area contributed by atoms with Crippen molar-refractivity contribution in [2.24, 2.45) is 0 Å². The highest BCUT2D eigenvalue weighted by Gasteiger charge is 2.13. The van der Waals surface area contributed by atoms with Gasteiger partial charge in [0.05, 0.1) is 0 Å². The van der Waals surface area contributed by atoms with Crippen molar-refractivity contribution in [2.45, 2.75) is 18.9 Å². The number of rotatable bonds is 5. The topological polar surface area (TPSA) is 12.0 Å². The second kappa shape index (κ2) is 5.78. The zero-order valence-corrected chi connectivity index (χ0v) is 10.6. The van der Waals surface area contributed by atoms with Crippen LogP contribution in [0.15, 0.2) is 49.1 Å². The Bertz CT molecular complexity index is 548. The summed E-state index contributed by atoms with van der Waals surface area (Å²) in [5.74, 6) is -0.159. The first kappa shape index (κ1) is 12.8. The van der Waals surface area contributed by atoms with E-state index in [0.717, 1.165) is 23.8 Å². The van der Waals surface area contributed by atoms with Crippen molar-refractivity contribution in [3.63, 3.8) is 0 Å². The quantitative estimate of drug-likeness (QED) is 0.776. The summed E-state index contributed by atoms with van der Waals surface area (Å²) in [6.45, 7) is 3.75. The molecule has 2 heteroatoms. The zero-order chi connectivity index (χ0) is 13.0. The van der Waals surface area contributed by atoms with Crippen LogP contribution in [0.25, 0.3) is 10.8 Å². The molecular weight excluding hydrogens is 225 g/mol. The molecule has 0 saturated heterocycles. The Morgan fingerprint density at radius 3 is 2.61 bits per heavy atom. The molecule has 0 saturated carbocycles. The van der Waals surface area contributed by atoms with Crippen molar-refractivity contribution in [3.05, 3.63) is 60.4 Å². The first-order valence-corrected chi connectivity index (χ1v) is 6.23. The molecule has 0 heterocycles. The molecule has 0 radical (unpaired) electrons. The minimum absolute atomic E-state index is 0.159. The molecule has 0 aromatic heterocycles. The fourth-order valence-corrected chi connectivity index (χ4v) is 2.33. The van der Waals surface area contributed by atoms with E-state index in [1.54, 1.807) is 6.07 Å². The number of hydrogen-bond donors (Lipinski definition) is 1. The third-order valence-electron chi connectivity index (χ3n) is 3.29. The van der Waals surface area contributed by atoms with Gasteiger partial charge < -0.3 is 5.32 Å². The highest BCUT2D eigenvalue weighted by atomic mass is 19.1. The number of benzene rings is 2. The van der Waals surface area contributed by atoms with Crippen LogP contribution in [0.5, 0.6) is 0 Å². The van der Waals surface area contributed by atoms with Gasteiger partial charge in [0.25, 0.3) is 0 Å². The summed E-state index contributed by atoms with van der Waals surface area (Å²) in [5.41, 5.74) is 1.15. The normalized spacial score (nSPS) is 12.6. The van der Waals surface area contributed by atoms with Crippen LogP contribution >= 0.6 is 0 Å². The molecule has 0 aliphatic rings. The van der Waals surface area contributed by atoms with Gasteiger partial charge in [-0.3, -0.25) is 0 Å². The van der Waals surface area contributed by atoms with Gasteiger partial charge in [-0.25, -0.2) is 4.39 Å². The Morgan fingerprint density at radius 2 is 1.94 bits per heavy atom. The fourth-order valence-electron chi connectivity index (χ4n) is 2.33. The van der Waals surface area contributed by atoms with Gasteiger partial charge in [-0.15, -0.1) is 6.58 Å². The second-order valence-electron chi connectivity index (χ2n) is 4.39. The van der Waals surface area contributed by atoms with Gasteiger partial charge in [0.1, 0.15) is 5.82 Å². The van der Waals surface area contributed by atoms with Crippen LogP contribution in [0.4, 0.5) is 4.39 Å². The molecule has 1 unspecified atom stereocenters. The van der Waals surface area contributed by atoms with Crippen molar-refractivity contribution in [1.82, 2.24) is 5.32 Å². The van der Waals surface area contributed by atoms with Crippen LogP contribution in [0.2, 0.25) is 0 Å². The molecule has 1 N–H and O–H groups in total. The maximum atomic E-state index is 13.7. The Morgan fingerprint density at radius 1 is 1.22 bits per heavy atom. The SMILES string of the molecule is C=CCCC(NC)c1ccc(F)c2ccccc12. The second-order valence-corrected chi connectivity index (χ2v) is 4.39. The number of allylic oxidation sites excluding steroid dienone is 1. The molecule has 0 fully saturated rings. The van der Waals surface area contributed by atoms with Crippen LogP contribution < -0.4 is 5.32 Å². The zero-order valence-electron chi connectivity index (χ0n) is 10.6. The van der Waals surface area contributed by atoms with Crippen molar-refractivity contribution in [3.8, 4) is 0 Å². The van der Waals surface area contributed by atoms with Gasteiger partial charge in [-0.05, 0) is 36.9 Å². The lowest BCUT2D eigenvalue weighted by atomic mass is 9.95. The number of halogens is 1. The lowest BCUT2D eigenvalue weighted by Gasteiger charge is -2.18. The van der Waals surface area contributed by atoms with E-state index in [0.29, 0.717) is 5.39 Å². The predicted molar refractivity (Wildman–Crippen MR) is 75.1 cm³/mol. The monoisotopic (exact) mass is 243 g/mol. The molecule has 0 aliphatic carbocycles. The maximum Gasteiger partial charge on any atom is 0.131 e. The average molecular weight is 243 g/mol. The number of hydrogen-bond acceptors (Lipinski definition) is 1. The van der Waals surface area contributed by atoms with Gasteiger partial charge in [-0.1, -0.05) is 36.4 Å². The first-order valence-electron chi connectivity index (χ1n) is 6.23. The Labute approximate surface area is 107 Å².